The third-order valence-electron chi connectivity index (χ3n) is 3.18. The third kappa shape index (κ3) is 2.37. The van der Waals surface area contributed by atoms with Crippen molar-refractivity contribution in [1.29, 1.82) is 0 Å². The number of halogens is 4. The molecule has 1 aromatic carbocycles. The molecule has 102 valence electrons. The lowest BCUT2D eigenvalue weighted by molar-refractivity contribution is 0.489. The van der Waals surface area contributed by atoms with E-state index in [4.69, 9.17) is 16.0 Å². The number of aryl methyl sites for hydroxylation is 2. The molecule has 19 heavy (non-hydrogen) atoms. The topological polar surface area (TPSA) is 13.1 Å². The maximum absolute atomic E-state index is 13.7. The lowest BCUT2D eigenvalue weighted by Crippen LogP contribution is -2.02. The summed E-state index contributed by atoms with van der Waals surface area (Å²) in [5.74, 6) is -2.03. The number of hydrogen-bond acceptors (Lipinski definition) is 1. The van der Waals surface area contributed by atoms with Gasteiger partial charge in [0, 0.05) is 17.2 Å². The second-order valence-corrected chi connectivity index (χ2v) is 4.84. The molecule has 0 fully saturated rings. The van der Waals surface area contributed by atoms with Crippen molar-refractivity contribution in [1.82, 2.24) is 0 Å². The molecule has 0 bridgehead atoms. The second kappa shape index (κ2) is 4.93. The Kier molecular flexibility index (Phi) is 3.63. The van der Waals surface area contributed by atoms with E-state index in [-0.39, 0.29) is 5.56 Å². The SMILES string of the molecule is Cc1oc(C)c(C(Cl)c2cc(F)c(F)cc2F)c1C. The van der Waals surface area contributed by atoms with E-state index in [1.165, 1.54) is 0 Å². The summed E-state index contributed by atoms with van der Waals surface area (Å²) in [5.41, 5.74) is 1.26. The van der Waals surface area contributed by atoms with Crippen molar-refractivity contribution in [3.8, 4) is 0 Å². The fourth-order valence-electron chi connectivity index (χ4n) is 2.07. The Bertz CT molecular complexity index is 634. The standard InChI is InChI=1S/C14H12ClF3O/c1-6-7(2)19-8(3)13(6)14(15)9-4-11(17)12(18)5-10(9)16/h4-5,14H,1-3H3. The summed E-state index contributed by atoms with van der Waals surface area (Å²) in [6.07, 6.45) is 0. The molecule has 0 saturated carbocycles. The number of rotatable bonds is 2. The first kappa shape index (κ1) is 14.0. The molecule has 1 aromatic heterocycles. The number of benzene rings is 1. The van der Waals surface area contributed by atoms with Gasteiger partial charge in [-0.1, -0.05) is 0 Å². The fraction of sp³-hybridized carbons (Fsp3) is 0.286. The van der Waals surface area contributed by atoms with Crippen LogP contribution in [0.3, 0.4) is 0 Å². The van der Waals surface area contributed by atoms with Gasteiger partial charge in [-0.2, -0.15) is 0 Å². The number of furan rings is 1. The van der Waals surface area contributed by atoms with Gasteiger partial charge in [0.05, 0.1) is 5.38 Å². The van der Waals surface area contributed by atoms with Crippen LogP contribution in [-0.4, -0.2) is 0 Å². The van der Waals surface area contributed by atoms with Gasteiger partial charge in [0.15, 0.2) is 11.6 Å². The number of alkyl halides is 1. The molecular formula is C14H12ClF3O. The van der Waals surface area contributed by atoms with Crippen molar-refractivity contribution in [3.05, 3.63) is 57.8 Å². The van der Waals surface area contributed by atoms with E-state index in [0.29, 0.717) is 23.2 Å². The molecule has 0 N–H and O–H groups in total. The van der Waals surface area contributed by atoms with Crippen LogP contribution >= 0.6 is 11.6 Å². The van der Waals surface area contributed by atoms with Crippen molar-refractivity contribution < 1.29 is 17.6 Å². The van der Waals surface area contributed by atoms with E-state index < -0.39 is 22.8 Å². The van der Waals surface area contributed by atoms with E-state index in [1.54, 1.807) is 20.8 Å². The van der Waals surface area contributed by atoms with Gasteiger partial charge in [-0.25, -0.2) is 13.2 Å². The maximum atomic E-state index is 13.7. The molecule has 0 aliphatic rings. The van der Waals surface area contributed by atoms with Crippen LogP contribution in [0.4, 0.5) is 13.2 Å². The fourth-order valence-corrected chi connectivity index (χ4v) is 2.56. The van der Waals surface area contributed by atoms with Gasteiger partial charge in [-0.15, -0.1) is 11.6 Å². The van der Waals surface area contributed by atoms with E-state index in [0.717, 1.165) is 11.6 Å². The van der Waals surface area contributed by atoms with Gasteiger partial charge < -0.3 is 4.42 Å². The molecule has 1 heterocycles. The van der Waals surface area contributed by atoms with Crippen LogP contribution in [0, 0.1) is 38.2 Å². The van der Waals surface area contributed by atoms with Crippen LogP contribution in [0.25, 0.3) is 0 Å². The van der Waals surface area contributed by atoms with Crippen LogP contribution < -0.4 is 0 Å². The summed E-state index contributed by atoms with van der Waals surface area (Å²) in [7, 11) is 0. The predicted octanol–water partition coefficient (Wildman–Crippen LogP) is 4.95. The predicted molar refractivity (Wildman–Crippen MR) is 66.9 cm³/mol. The second-order valence-electron chi connectivity index (χ2n) is 4.40. The zero-order valence-corrected chi connectivity index (χ0v) is 11.4. The minimum atomic E-state index is -1.23. The zero-order chi connectivity index (χ0) is 14.3. The molecule has 5 heteroatoms. The largest absolute Gasteiger partial charge is 0.466 e. The average Bonchev–Trinajstić information content (AvgIpc) is 2.57. The summed E-state index contributed by atoms with van der Waals surface area (Å²) >= 11 is 6.20. The number of hydrogen-bond donors (Lipinski definition) is 0. The minimum Gasteiger partial charge on any atom is -0.466 e. The van der Waals surface area contributed by atoms with Crippen LogP contribution in [0.1, 0.15) is 33.6 Å². The van der Waals surface area contributed by atoms with Gasteiger partial charge in [0.2, 0.25) is 0 Å². The van der Waals surface area contributed by atoms with Gasteiger partial charge >= 0.3 is 0 Å². The third-order valence-corrected chi connectivity index (χ3v) is 3.64. The summed E-state index contributed by atoms with van der Waals surface area (Å²) in [5, 5.41) is -0.924. The Morgan fingerprint density at radius 3 is 2.05 bits per heavy atom. The summed E-state index contributed by atoms with van der Waals surface area (Å²) in [6.45, 7) is 5.24. The van der Waals surface area contributed by atoms with Gasteiger partial charge in [-0.05, 0) is 32.4 Å². The van der Waals surface area contributed by atoms with Crippen molar-refractivity contribution >= 4 is 11.6 Å². The first-order chi connectivity index (χ1) is 8.82. The highest BCUT2D eigenvalue weighted by molar-refractivity contribution is 6.22. The molecule has 1 atom stereocenters. The van der Waals surface area contributed by atoms with Crippen LogP contribution in [0.15, 0.2) is 16.5 Å². The maximum Gasteiger partial charge on any atom is 0.161 e. The summed E-state index contributed by atoms with van der Waals surface area (Å²) in [4.78, 5) is 0. The molecular weight excluding hydrogens is 277 g/mol. The molecule has 2 aromatic rings. The van der Waals surface area contributed by atoms with Crippen molar-refractivity contribution in [2.24, 2.45) is 0 Å². The quantitative estimate of drug-likeness (QED) is 0.563. The molecule has 0 spiro atoms. The monoisotopic (exact) mass is 288 g/mol. The lowest BCUT2D eigenvalue weighted by Gasteiger charge is -2.12. The Balaban J connectivity index is 2.56. The van der Waals surface area contributed by atoms with Crippen molar-refractivity contribution in [3.63, 3.8) is 0 Å². The van der Waals surface area contributed by atoms with Gasteiger partial charge in [0.1, 0.15) is 17.3 Å². The zero-order valence-electron chi connectivity index (χ0n) is 10.7. The van der Waals surface area contributed by atoms with E-state index in [2.05, 4.69) is 0 Å². The molecule has 2 rings (SSSR count). The van der Waals surface area contributed by atoms with Crippen LogP contribution in [-0.2, 0) is 0 Å². The molecule has 1 nitrogen and oxygen atoms in total. The van der Waals surface area contributed by atoms with Crippen molar-refractivity contribution in [2.45, 2.75) is 26.1 Å². The molecule has 0 aliphatic heterocycles. The van der Waals surface area contributed by atoms with Crippen LogP contribution in [0.5, 0.6) is 0 Å². The van der Waals surface area contributed by atoms with Gasteiger partial charge in [-0.3, -0.25) is 0 Å². The average molecular weight is 289 g/mol. The highest BCUT2D eigenvalue weighted by Crippen LogP contribution is 2.37. The smallest absolute Gasteiger partial charge is 0.161 e. The Hall–Kier alpha value is -1.42. The molecule has 0 radical (unpaired) electrons. The van der Waals surface area contributed by atoms with Gasteiger partial charge in [0.25, 0.3) is 0 Å². The molecule has 0 saturated heterocycles. The first-order valence-electron chi connectivity index (χ1n) is 5.68. The normalized spacial score (nSPS) is 12.8. The Labute approximate surface area is 114 Å². The van der Waals surface area contributed by atoms with E-state index in [1.807, 2.05) is 0 Å². The molecule has 1 unspecified atom stereocenters. The summed E-state index contributed by atoms with van der Waals surface area (Å²) < 4.78 is 45.3. The highest BCUT2D eigenvalue weighted by Gasteiger charge is 2.24. The Morgan fingerprint density at radius 1 is 0.947 bits per heavy atom. The van der Waals surface area contributed by atoms with E-state index in [9.17, 15) is 13.2 Å². The molecule has 0 aliphatic carbocycles. The Morgan fingerprint density at radius 2 is 1.53 bits per heavy atom. The van der Waals surface area contributed by atoms with Crippen molar-refractivity contribution in [2.75, 3.05) is 0 Å². The summed E-state index contributed by atoms with van der Waals surface area (Å²) in [6, 6.07) is 1.28. The lowest BCUT2D eigenvalue weighted by atomic mass is 10.00. The first-order valence-corrected chi connectivity index (χ1v) is 6.11. The molecule has 0 amide bonds. The van der Waals surface area contributed by atoms with E-state index >= 15 is 0 Å². The van der Waals surface area contributed by atoms with Crippen LogP contribution in [0.2, 0.25) is 0 Å². The minimum absolute atomic E-state index is 0.104. The highest BCUT2D eigenvalue weighted by atomic mass is 35.5.